The summed E-state index contributed by atoms with van der Waals surface area (Å²) in [7, 11) is 0. The number of pyridine rings is 1. The maximum atomic E-state index is 12.5. The number of aryl methyl sites for hydroxylation is 1. The van der Waals surface area contributed by atoms with E-state index in [0.717, 1.165) is 35.6 Å². The summed E-state index contributed by atoms with van der Waals surface area (Å²) in [6, 6.07) is 7.79. The van der Waals surface area contributed by atoms with Crippen LogP contribution >= 0.6 is 0 Å². The van der Waals surface area contributed by atoms with Crippen molar-refractivity contribution in [3.05, 3.63) is 53.3 Å². The summed E-state index contributed by atoms with van der Waals surface area (Å²) < 4.78 is 0. The second kappa shape index (κ2) is 7.07. The van der Waals surface area contributed by atoms with E-state index in [1.54, 1.807) is 12.4 Å². The highest BCUT2D eigenvalue weighted by Crippen LogP contribution is 2.20. The Hall–Kier alpha value is -2.36. The normalized spacial score (nSPS) is 10.4. The fraction of sp³-hybridized carbons (Fsp3) is 0.333. The van der Waals surface area contributed by atoms with Crippen LogP contribution in [0.1, 0.15) is 35.3 Å². The highest BCUT2D eigenvalue weighted by atomic mass is 16.1. The van der Waals surface area contributed by atoms with Crippen molar-refractivity contribution in [2.75, 3.05) is 23.3 Å². The zero-order chi connectivity index (χ0) is 16.1. The molecule has 1 amide bonds. The van der Waals surface area contributed by atoms with Crippen molar-refractivity contribution < 1.29 is 4.79 Å². The molecular formula is C18H23N3O. The summed E-state index contributed by atoms with van der Waals surface area (Å²) >= 11 is 0. The van der Waals surface area contributed by atoms with E-state index < -0.39 is 0 Å². The van der Waals surface area contributed by atoms with Crippen molar-refractivity contribution in [3.8, 4) is 0 Å². The van der Waals surface area contributed by atoms with E-state index in [1.165, 1.54) is 0 Å². The van der Waals surface area contributed by atoms with E-state index in [2.05, 4.69) is 29.0 Å². The molecule has 0 spiro atoms. The zero-order valence-electron chi connectivity index (χ0n) is 13.7. The number of carbonyl (C=O) groups excluding carboxylic acids is 1. The lowest BCUT2D eigenvalue weighted by atomic mass is 10.1. The van der Waals surface area contributed by atoms with Gasteiger partial charge in [0.2, 0.25) is 0 Å². The number of rotatable bonds is 5. The standard InChI is InChI=1S/C18H23N3O/c1-5-21(6-2)16-10-15(11-19-12-16)18(22)20-17-9-7-8-13(3)14(17)4/h7-12H,5-6H2,1-4H3,(H,20,22). The van der Waals surface area contributed by atoms with Crippen molar-refractivity contribution >= 4 is 17.3 Å². The molecule has 0 aliphatic carbocycles. The second-order valence-corrected chi connectivity index (χ2v) is 5.31. The van der Waals surface area contributed by atoms with Gasteiger partial charge in [-0.15, -0.1) is 0 Å². The highest BCUT2D eigenvalue weighted by molar-refractivity contribution is 6.05. The van der Waals surface area contributed by atoms with Crippen LogP contribution in [0.5, 0.6) is 0 Å². The van der Waals surface area contributed by atoms with E-state index in [4.69, 9.17) is 0 Å². The molecular weight excluding hydrogens is 274 g/mol. The van der Waals surface area contributed by atoms with Crippen LogP contribution in [0.3, 0.4) is 0 Å². The van der Waals surface area contributed by atoms with Crippen molar-refractivity contribution in [1.82, 2.24) is 4.98 Å². The molecule has 116 valence electrons. The van der Waals surface area contributed by atoms with Crippen molar-refractivity contribution in [3.63, 3.8) is 0 Å². The lowest BCUT2D eigenvalue weighted by molar-refractivity contribution is 0.102. The first-order chi connectivity index (χ1) is 10.6. The van der Waals surface area contributed by atoms with Crippen molar-refractivity contribution in [2.24, 2.45) is 0 Å². The molecule has 0 aliphatic rings. The SMILES string of the molecule is CCN(CC)c1cncc(C(=O)Nc2cccc(C)c2C)c1. The van der Waals surface area contributed by atoms with Gasteiger partial charge >= 0.3 is 0 Å². The molecule has 4 nitrogen and oxygen atoms in total. The van der Waals surface area contributed by atoms with Crippen LogP contribution in [0.4, 0.5) is 11.4 Å². The molecule has 0 bridgehead atoms. The maximum Gasteiger partial charge on any atom is 0.257 e. The molecule has 1 heterocycles. The van der Waals surface area contributed by atoms with E-state index >= 15 is 0 Å². The zero-order valence-corrected chi connectivity index (χ0v) is 13.7. The highest BCUT2D eigenvalue weighted by Gasteiger charge is 2.11. The molecule has 0 saturated carbocycles. The van der Waals surface area contributed by atoms with Gasteiger partial charge in [-0.1, -0.05) is 12.1 Å². The Morgan fingerprint density at radius 2 is 1.91 bits per heavy atom. The number of amides is 1. The third-order valence-electron chi connectivity index (χ3n) is 3.97. The number of nitrogens with zero attached hydrogens (tertiary/aromatic N) is 2. The van der Waals surface area contributed by atoms with Gasteiger partial charge in [-0.05, 0) is 51.0 Å². The molecule has 2 aromatic rings. The minimum Gasteiger partial charge on any atom is -0.371 e. The monoisotopic (exact) mass is 297 g/mol. The van der Waals surface area contributed by atoms with E-state index in [9.17, 15) is 4.79 Å². The molecule has 4 heteroatoms. The molecule has 0 atom stereocenters. The largest absolute Gasteiger partial charge is 0.371 e. The fourth-order valence-electron chi connectivity index (χ4n) is 2.39. The van der Waals surface area contributed by atoms with Gasteiger partial charge in [0.15, 0.2) is 0 Å². The van der Waals surface area contributed by atoms with E-state index in [-0.39, 0.29) is 5.91 Å². The molecule has 0 radical (unpaired) electrons. The Kier molecular flexibility index (Phi) is 5.15. The first-order valence-electron chi connectivity index (χ1n) is 7.64. The molecule has 0 saturated heterocycles. The molecule has 0 unspecified atom stereocenters. The van der Waals surface area contributed by atoms with Gasteiger partial charge < -0.3 is 10.2 Å². The Labute approximate surface area is 132 Å². The molecule has 0 fully saturated rings. The van der Waals surface area contributed by atoms with Gasteiger partial charge in [0, 0.05) is 25.0 Å². The average Bonchev–Trinajstić information content (AvgIpc) is 2.53. The predicted molar refractivity (Wildman–Crippen MR) is 91.7 cm³/mol. The number of carbonyl (C=O) groups is 1. The van der Waals surface area contributed by atoms with Crippen LogP contribution < -0.4 is 10.2 Å². The van der Waals surface area contributed by atoms with Crippen LogP contribution in [0.2, 0.25) is 0 Å². The Morgan fingerprint density at radius 3 is 2.59 bits per heavy atom. The first-order valence-corrected chi connectivity index (χ1v) is 7.64. The minimum atomic E-state index is -0.129. The van der Waals surface area contributed by atoms with Crippen LogP contribution in [0, 0.1) is 13.8 Å². The number of anilines is 2. The summed E-state index contributed by atoms with van der Waals surface area (Å²) in [5.41, 5.74) is 4.64. The minimum absolute atomic E-state index is 0.129. The summed E-state index contributed by atoms with van der Waals surface area (Å²) in [4.78, 5) is 18.8. The first kappa shape index (κ1) is 16.0. The van der Waals surface area contributed by atoms with Crippen LogP contribution in [-0.2, 0) is 0 Å². The van der Waals surface area contributed by atoms with Crippen LogP contribution in [0.15, 0.2) is 36.7 Å². The molecule has 1 N–H and O–H groups in total. The Morgan fingerprint density at radius 1 is 1.18 bits per heavy atom. The van der Waals surface area contributed by atoms with E-state index in [1.807, 2.05) is 38.1 Å². The summed E-state index contributed by atoms with van der Waals surface area (Å²) in [5, 5.41) is 2.97. The number of hydrogen-bond acceptors (Lipinski definition) is 3. The Bertz CT molecular complexity index is 663. The van der Waals surface area contributed by atoms with E-state index in [0.29, 0.717) is 5.56 Å². The molecule has 1 aromatic heterocycles. The predicted octanol–water partition coefficient (Wildman–Crippen LogP) is 3.80. The van der Waals surface area contributed by atoms with Gasteiger partial charge in [-0.3, -0.25) is 9.78 Å². The summed E-state index contributed by atoms with van der Waals surface area (Å²) in [6.45, 7) is 10.0. The second-order valence-electron chi connectivity index (χ2n) is 5.31. The molecule has 22 heavy (non-hydrogen) atoms. The van der Waals surface area contributed by atoms with Gasteiger partial charge in [0.25, 0.3) is 5.91 Å². The van der Waals surface area contributed by atoms with Crippen molar-refractivity contribution in [1.29, 1.82) is 0 Å². The Balaban J connectivity index is 2.23. The lowest BCUT2D eigenvalue weighted by Gasteiger charge is -2.21. The van der Waals surface area contributed by atoms with Crippen LogP contribution in [0.25, 0.3) is 0 Å². The van der Waals surface area contributed by atoms with Gasteiger partial charge in [0.05, 0.1) is 17.4 Å². The maximum absolute atomic E-state index is 12.5. The van der Waals surface area contributed by atoms with Crippen LogP contribution in [-0.4, -0.2) is 24.0 Å². The molecule has 0 aliphatic heterocycles. The van der Waals surface area contributed by atoms with Gasteiger partial charge in [-0.25, -0.2) is 0 Å². The smallest absolute Gasteiger partial charge is 0.257 e. The third kappa shape index (κ3) is 3.45. The molecule has 1 aromatic carbocycles. The van der Waals surface area contributed by atoms with Gasteiger partial charge in [0.1, 0.15) is 0 Å². The summed E-state index contributed by atoms with van der Waals surface area (Å²) in [6.07, 6.45) is 3.40. The summed E-state index contributed by atoms with van der Waals surface area (Å²) in [5.74, 6) is -0.129. The number of hydrogen-bond donors (Lipinski definition) is 1. The lowest BCUT2D eigenvalue weighted by Crippen LogP contribution is -2.22. The topological polar surface area (TPSA) is 45.2 Å². The van der Waals surface area contributed by atoms with Gasteiger partial charge in [-0.2, -0.15) is 0 Å². The molecule has 2 rings (SSSR count). The average molecular weight is 297 g/mol. The quantitative estimate of drug-likeness (QED) is 0.913. The number of benzene rings is 1. The number of aromatic nitrogens is 1. The number of nitrogens with one attached hydrogen (secondary N) is 1. The fourth-order valence-corrected chi connectivity index (χ4v) is 2.39. The van der Waals surface area contributed by atoms with Crippen molar-refractivity contribution in [2.45, 2.75) is 27.7 Å². The third-order valence-corrected chi connectivity index (χ3v) is 3.97.